The fraction of sp³-hybridized carbons (Fsp3) is 0.286. The second-order valence-corrected chi connectivity index (χ2v) is 6.92. The Morgan fingerprint density at radius 2 is 2.15 bits per heavy atom. The van der Waals surface area contributed by atoms with Crippen LogP contribution in [0.25, 0.3) is 0 Å². The Morgan fingerprint density at radius 3 is 2.93 bits per heavy atom. The number of ketones is 1. The molecule has 136 valence electrons. The van der Waals surface area contributed by atoms with Crippen molar-refractivity contribution in [3.8, 4) is 17.6 Å². The third-order valence-electron chi connectivity index (χ3n) is 5.14. The monoisotopic (exact) mass is 362 g/mol. The molecule has 6 nitrogen and oxygen atoms in total. The first kappa shape index (κ1) is 17.1. The van der Waals surface area contributed by atoms with Crippen LogP contribution in [0.4, 0.5) is 0 Å². The van der Waals surface area contributed by atoms with Gasteiger partial charge < -0.3 is 14.4 Å². The van der Waals surface area contributed by atoms with Crippen LogP contribution >= 0.6 is 0 Å². The molecule has 2 heterocycles. The first-order chi connectivity index (χ1) is 13.0. The zero-order chi connectivity index (χ0) is 19.0. The molecule has 1 atom stereocenters. The molecule has 0 saturated carbocycles. The predicted molar refractivity (Wildman–Crippen MR) is 97.0 cm³/mol. The number of fused-ring (bicyclic) bond motifs is 1. The van der Waals surface area contributed by atoms with Crippen LogP contribution in [0, 0.1) is 11.3 Å². The number of nitriles is 1. The number of ether oxygens (including phenoxy) is 2. The highest BCUT2D eigenvalue weighted by atomic mass is 16.5. The molecule has 0 N–H and O–H groups in total. The van der Waals surface area contributed by atoms with Crippen molar-refractivity contribution in [1.29, 1.82) is 5.26 Å². The quantitative estimate of drug-likeness (QED) is 0.821. The molecule has 0 aromatic heterocycles. The Morgan fingerprint density at radius 1 is 1.30 bits per heavy atom. The SMILES string of the molecule is COc1ccc2c(c1)C(=O)CC1(CCN(C(=O)c3cccc(C#N)c3)C1)O2. The molecule has 1 amide bonds. The van der Waals surface area contributed by atoms with E-state index in [1.54, 1.807) is 54.5 Å². The van der Waals surface area contributed by atoms with Crippen LogP contribution < -0.4 is 9.47 Å². The van der Waals surface area contributed by atoms with Gasteiger partial charge in [-0.15, -0.1) is 0 Å². The number of carbonyl (C=O) groups excluding carboxylic acids is 2. The maximum Gasteiger partial charge on any atom is 0.254 e. The topological polar surface area (TPSA) is 79.6 Å². The average molecular weight is 362 g/mol. The summed E-state index contributed by atoms with van der Waals surface area (Å²) in [6.07, 6.45) is 0.822. The van der Waals surface area contributed by atoms with Crippen molar-refractivity contribution in [2.24, 2.45) is 0 Å². The molecule has 2 aromatic rings. The third kappa shape index (κ3) is 3.02. The van der Waals surface area contributed by atoms with Gasteiger partial charge in [0.2, 0.25) is 0 Å². The van der Waals surface area contributed by atoms with Crippen molar-refractivity contribution >= 4 is 11.7 Å². The Bertz CT molecular complexity index is 978. The molecule has 1 fully saturated rings. The van der Waals surface area contributed by atoms with E-state index in [2.05, 4.69) is 0 Å². The smallest absolute Gasteiger partial charge is 0.254 e. The minimum absolute atomic E-state index is 0.00377. The van der Waals surface area contributed by atoms with E-state index in [4.69, 9.17) is 14.7 Å². The summed E-state index contributed by atoms with van der Waals surface area (Å²) in [5.74, 6) is 0.992. The van der Waals surface area contributed by atoms with Gasteiger partial charge in [0.25, 0.3) is 5.91 Å². The number of likely N-dealkylation sites (tertiary alicyclic amines) is 1. The lowest BCUT2D eigenvalue weighted by Gasteiger charge is -2.34. The summed E-state index contributed by atoms with van der Waals surface area (Å²) >= 11 is 0. The highest BCUT2D eigenvalue weighted by Gasteiger charge is 2.47. The second-order valence-electron chi connectivity index (χ2n) is 6.92. The zero-order valence-corrected chi connectivity index (χ0v) is 14.9. The van der Waals surface area contributed by atoms with Crippen LogP contribution in [-0.4, -0.2) is 42.4 Å². The molecule has 0 radical (unpaired) electrons. The van der Waals surface area contributed by atoms with Crippen LogP contribution in [0.15, 0.2) is 42.5 Å². The lowest BCUT2D eigenvalue weighted by molar-refractivity contribution is 0.0427. The first-order valence-electron chi connectivity index (χ1n) is 8.73. The molecule has 2 aliphatic heterocycles. The largest absolute Gasteiger partial charge is 0.497 e. The van der Waals surface area contributed by atoms with E-state index < -0.39 is 5.60 Å². The Hall–Kier alpha value is -3.33. The molecule has 2 aliphatic rings. The molecular weight excluding hydrogens is 344 g/mol. The molecule has 0 bridgehead atoms. The van der Waals surface area contributed by atoms with E-state index in [0.29, 0.717) is 47.7 Å². The van der Waals surface area contributed by atoms with Gasteiger partial charge in [0.1, 0.15) is 17.1 Å². The van der Waals surface area contributed by atoms with Crippen molar-refractivity contribution in [3.63, 3.8) is 0 Å². The number of benzene rings is 2. The van der Waals surface area contributed by atoms with Crippen LogP contribution in [-0.2, 0) is 0 Å². The van der Waals surface area contributed by atoms with Gasteiger partial charge in [-0.2, -0.15) is 5.26 Å². The fourth-order valence-corrected chi connectivity index (χ4v) is 3.75. The van der Waals surface area contributed by atoms with Gasteiger partial charge in [0.15, 0.2) is 5.78 Å². The summed E-state index contributed by atoms with van der Waals surface area (Å²) < 4.78 is 11.4. The summed E-state index contributed by atoms with van der Waals surface area (Å²) in [6, 6.07) is 13.9. The van der Waals surface area contributed by atoms with E-state index in [1.165, 1.54) is 0 Å². The molecule has 2 aromatic carbocycles. The van der Waals surface area contributed by atoms with Crippen LogP contribution in [0.3, 0.4) is 0 Å². The van der Waals surface area contributed by atoms with Gasteiger partial charge in [0, 0.05) is 18.5 Å². The zero-order valence-electron chi connectivity index (χ0n) is 14.9. The van der Waals surface area contributed by atoms with Gasteiger partial charge >= 0.3 is 0 Å². The molecule has 6 heteroatoms. The Balaban J connectivity index is 1.56. The highest BCUT2D eigenvalue weighted by Crippen LogP contribution is 2.40. The summed E-state index contributed by atoms with van der Waals surface area (Å²) in [6.45, 7) is 0.855. The molecule has 0 aliphatic carbocycles. The first-order valence-corrected chi connectivity index (χ1v) is 8.73. The second kappa shape index (κ2) is 6.44. The molecule has 27 heavy (non-hydrogen) atoms. The summed E-state index contributed by atoms with van der Waals surface area (Å²) in [5, 5.41) is 9.03. The molecule has 4 rings (SSSR count). The van der Waals surface area contributed by atoms with Crippen LogP contribution in [0.5, 0.6) is 11.5 Å². The third-order valence-corrected chi connectivity index (χ3v) is 5.14. The van der Waals surface area contributed by atoms with Crippen molar-refractivity contribution in [3.05, 3.63) is 59.2 Å². The molecular formula is C21H18N2O4. The van der Waals surface area contributed by atoms with Crippen molar-refractivity contribution in [1.82, 2.24) is 4.90 Å². The Kier molecular flexibility index (Phi) is 4.08. The molecule has 1 unspecified atom stereocenters. The number of hydrogen-bond donors (Lipinski definition) is 0. The maximum atomic E-state index is 12.8. The van der Waals surface area contributed by atoms with Gasteiger partial charge in [-0.1, -0.05) is 6.07 Å². The number of nitrogens with zero attached hydrogens (tertiary/aromatic N) is 2. The van der Waals surface area contributed by atoms with Crippen molar-refractivity contribution in [2.45, 2.75) is 18.4 Å². The number of methoxy groups -OCH3 is 1. The van der Waals surface area contributed by atoms with E-state index >= 15 is 0 Å². The van der Waals surface area contributed by atoms with E-state index in [9.17, 15) is 9.59 Å². The average Bonchev–Trinajstić information content (AvgIpc) is 3.10. The number of amides is 1. The van der Waals surface area contributed by atoms with E-state index in [-0.39, 0.29) is 18.1 Å². The van der Waals surface area contributed by atoms with Crippen LogP contribution in [0.1, 0.15) is 39.1 Å². The van der Waals surface area contributed by atoms with Gasteiger partial charge in [0.05, 0.1) is 37.3 Å². The van der Waals surface area contributed by atoms with Gasteiger partial charge in [-0.3, -0.25) is 9.59 Å². The molecule has 1 saturated heterocycles. The van der Waals surface area contributed by atoms with Crippen LogP contribution in [0.2, 0.25) is 0 Å². The normalized spacial score (nSPS) is 20.7. The minimum Gasteiger partial charge on any atom is -0.497 e. The fourth-order valence-electron chi connectivity index (χ4n) is 3.75. The molecule has 1 spiro atoms. The van der Waals surface area contributed by atoms with E-state index in [1.807, 2.05) is 6.07 Å². The van der Waals surface area contributed by atoms with Gasteiger partial charge in [-0.25, -0.2) is 0 Å². The standard InChI is InChI=1S/C21H18N2O4/c1-26-16-5-6-19-17(10-16)18(24)11-21(27-19)7-8-23(13-21)20(25)15-4-2-3-14(9-15)12-22/h2-6,9-10H,7-8,11,13H2,1H3. The van der Waals surface area contributed by atoms with Gasteiger partial charge in [-0.05, 0) is 36.4 Å². The predicted octanol–water partition coefficient (Wildman–Crippen LogP) is 2.82. The van der Waals surface area contributed by atoms with Crippen molar-refractivity contribution in [2.75, 3.05) is 20.2 Å². The number of carbonyl (C=O) groups is 2. The highest BCUT2D eigenvalue weighted by molar-refractivity contribution is 6.01. The number of hydrogen-bond acceptors (Lipinski definition) is 5. The number of rotatable bonds is 2. The Labute approximate surface area is 156 Å². The maximum absolute atomic E-state index is 12.8. The van der Waals surface area contributed by atoms with Crippen molar-refractivity contribution < 1.29 is 19.1 Å². The lowest BCUT2D eigenvalue weighted by atomic mass is 9.89. The summed E-state index contributed by atoms with van der Waals surface area (Å²) in [5.41, 5.74) is 0.743. The lowest BCUT2D eigenvalue weighted by Crippen LogP contribution is -2.45. The number of Topliss-reactive ketones (excluding diaryl/α,β-unsaturated/α-hetero) is 1. The summed E-state index contributed by atoms with van der Waals surface area (Å²) in [7, 11) is 1.55. The summed E-state index contributed by atoms with van der Waals surface area (Å²) in [4.78, 5) is 27.2. The minimum atomic E-state index is -0.693. The van der Waals surface area contributed by atoms with E-state index in [0.717, 1.165) is 0 Å².